The molecule has 0 atom stereocenters. The zero-order valence-corrected chi connectivity index (χ0v) is 15.7. The first-order valence-corrected chi connectivity index (χ1v) is 9.86. The molecule has 0 spiro atoms. The van der Waals surface area contributed by atoms with Gasteiger partial charge in [0.2, 0.25) is 0 Å². The monoisotopic (exact) mass is 346 g/mol. The highest BCUT2D eigenvalue weighted by Crippen LogP contribution is 2.23. The first kappa shape index (κ1) is 21.3. The Kier molecular flexibility index (Phi) is 11.5. The van der Waals surface area contributed by atoms with Gasteiger partial charge in [0, 0.05) is 0 Å². The number of unbranched alkanes of at least 4 members (excludes halogenated alkanes) is 9. The third kappa shape index (κ3) is 9.33. The molecule has 0 aromatic heterocycles. The van der Waals surface area contributed by atoms with Gasteiger partial charge in [0.25, 0.3) is 0 Å². The number of phenols is 1. The predicted molar refractivity (Wildman–Crippen MR) is 104 cm³/mol. The largest absolute Gasteiger partial charge is 0.507 e. The van der Waals surface area contributed by atoms with Crippen molar-refractivity contribution in [1.82, 2.24) is 0 Å². The van der Waals surface area contributed by atoms with E-state index in [1.165, 1.54) is 63.9 Å². The maximum atomic E-state index is 11.2. The van der Waals surface area contributed by atoms with E-state index in [0.717, 1.165) is 18.4 Å². The average molecular weight is 347 g/mol. The van der Waals surface area contributed by atoms with Gasteiger partial charge in [-0.25, -0.2) is 4.79 Å². The third-order valence-electron chi connectivity index (χ3n) is 4.55. The topological polar surface area (TPSA) is 57.5 Å². The number of hydrogen-bond acceptors (Lipinski definition) is 2. The quantitative estimate of drug-likeness (QED) is 0.298. The summed E-state index contributed by atoms with van der Waals surface area (Å²) in [6, 6.07) is 4.95. The van der Waals surface area contributed by atoms with Gasteiger partial charge in [0.1, 0.15) is 11.3 Å². The lowest BCUT2D eigenvalue weighted by Crippen LogP contribution is -2.03. The third-order valence-corrected chi connectivity index (χ3v) is 4.55. The van der Waals surface area contributed by atoms with Crippen LogP contribution in [-0.2, 0) is 6.42 Å². The van der Waals surface area contributed by atoms with Crippen LogP contribution in [0.3, 0.4) is 0 Å². The maximum Gasteiger partial charge on any atom is 0.339 e. The van der Waals surface area contributed by atoms with Crippen LogP contribution < -0.4 is 0 Å². The van der Waals surface area contributed by atoms with Crippen molar-refractivity contribution in [2.45, 2.75) is 84.0 Å². The molecule has 0 aliphatic rings. The summed E-state index contributed by atoms with van der Waals surface area (Å²) in [6.45, 7) is 2.24. The number of hydrogen-bond donors (Lipinski definition) is 2. The van der Waals surface area contributed by atoms with Crippen molar-refractivity contribution in [3.63, 3.8) is 0 Å². The van der Waals surface area contributed by atoms with Crippen molar-refractivity contribution < 1.29 is 15.0 Å². The molecule has 1 aromatic rings. The fraction of sp³-hybridized carbons (Fsp3) is 0.591. The molecule has 1 rings (SSSR count). The molecule has 1 aromatic carbocycles. The highest BCUT2D eigenvalue weighted by atomic mass is 16.4. The van der Waals surface area contributed by atoms with Gasteiger partial charge in [-0.05, 0) is 50.2 Å². The van der Waals surface area contributed by atoms with Gasteiger partial charge in [-0.1, -0.05) is 69.7 Å². The maximum absolute atomic E-state index is 11.2. The number of benzene rings is 1. The molecule has 0 heterocycles. The minimum absolute atomic E-state index is 0.0616. The van der Waals surface area contributed by atoms with Gasteiger partial charge in [-0.15, -0.1) is 0 Å². The normalized spacial score (nSPS) is 11.2. The minimum atomic E-state index is -1.05. The number of aromatic carboxylic acids is 1. The molecular weight excluding hydrogens is 312 g/mol. The van der Waals surface area contributed by atoms with Crippen LogP contribution in [0.15, 0.2) is 30.4 Å². The van der Waals surface area contributed by atoms with Crippen LogP contribution in [0.2, 0.25) is 0 Å². The summed E-state index contributed by atoms with van der Waals surface area (Å²) < 4.78 is 0. The Bertz CT molecular complexity index is 520. The average Bonchev–Trinajstić information content (AvgIpc) is 2.58. The number of carbonyl (C=O) groups is 1. The lowest BCUT2D eigenvalue weighted by molar-refractivity contribution is 0.0692. The number of carboxylic acids is 1. The Morgan fingerprint density at radius 1 is 0.920 bits per heavy atom. The van der Waals surface area contributed by atoms with Crippen LogP contribution >= 0.6 is 0 Å². The van der Waals surface area contributed by atoms with Crippen molar-refractivity contribution in [3.8, 4) is 5.75 Å². The van der Waals surface area contributed by atoms with Crippen LogP contribution in [0, 0.1) is 0 Å². The van der Waals surface area contributed by atoms with E-state index in [1.54, 1.807) is 12.1 Å². The van der Waals surface area contributed by atoms with Gasteiger partial charge in [0.15, 0.2) is 0 Å². The molecule has 0 unspecified atom stereocenters. The van der Waals surface area contributed by atoms with Gasteiger partial charge >= 0.3 is 5.97 Å². The Balaban J connectivity index is 2.07. The van der Waals surface area contributed by atoms with Crippen molar-refractivity contribution in [3.05, 3.63) is 41.5 Å². The molecule has 2 N–H and O–H groups in total. The lowest BCUT2D eigenvalue weighted by atomic mass is 9.99. The van der Waals surface area contributed by atoms with Crippen molar-refractivity contribution in [2.24, 2.45) is 0 Å². The van der Waals surface area contributed by atoms with Gasteiger partial charge < -0.3 is 10.2 Å². The summed E-state index contributed by atoms with van der Waals surface area (Å²) in [5.74, 6) is -1.18. The van der Waals surface area contributed by atoms with Crippen LogP contribution in [-0.4, -0.2) is 16.2 Å². The molecule has 3 nitrogen and oxygen atoms in total. The minimum Gasteiger partial charge on any atom is -0.507 e. The van der Waals surface area contributed by atoms with Crippen LogP contribution in [0.5, 0.6) is 5.75 Å². The molecule has 0 fully saturated rings. The molecule has 0 aliphatic heterocycles. The second-order valence-electron chi connectivity index (χ2n) is 6.74. The molecule has 0 radical (unpaired) electrons. The zero-order valence-electron chi connectivity index (χ0n) is 15.7. The highest BCUT2D eigenvalue weighted by Gasteiger charge is 2.14. The number of aryl methyl sites for hydroxylation is 1. The number of rotatable bonds is 14. The summed E-state index contributed by atoms with van der Waals surface area (Å²) in [5.41, 5.74) is 0.796. The fourth-order valence-electron chi connectivity index (χ4n) is 3.07. The summed E-state index contributed by atoms with van der Waals surface area (Å²) in [4.78, 5) is 11.2. The molecule has 0 saturated carbocycles. The van der Waals surface area contributed by atoms with Crippen molar-refractivity contribution in [1.29, 1.82) is 0 Å². The van der Waals surface area contributed by atoms with Crippen LogP contribution in [0.4, 0.5) is 0 Å². The second kappa shape index (κ2) is 13.5. The van der Waals surface area contributed by atoms with Gasteiger partial charge in [-0.2, -0.15) is 0 Å². The molecule has 0 aliphatic carbocycles. The summed E-state index contributed by atoms with van der Waals surface area (Å²) in [6.07, 6.45) is 18.8. The van der Waals surface area contributed by atoms with Gasteiger partial charge in [0.05, 0.1) is 0 Å². The number of carboxylic acid groups (broad SMARTS) is 1. The lowest BCUT2D eigenvalue weighted by Gasteiger charge is -2.07. The van der Waals surface area contributed by atoms with E-state index in [1.807, 2.05) is 0 Å². The molecule has 140 valence electrons. The smallest absolute Gasteiger partial charge is 0.339 e. The van der Waals surface area contributed by atoms with Crippen molar-refractivity contribution >= 4 is 5.97 Å². The molecule has 3 heteroatoms. The van der Waals surface area contributed by atoms with Crippen molar-refractivity contribution in [2.75, 3.05) is 0 Å². The Labute approximate surface area is 152 Å². The first-order valence-electron chi connectivity index (χ1n) is 9.86. The Hall–Kier alpha value is -1.77. The van der Waals surface area contributed by atoms with E-state index in [2.05, 4.69) is 19.1 Å². The predicted octanol–water partition coefficient (Wildman–Crippen LogP) is 6.50. The van der Waals surface area contributed by atoms with E-state index in [9.17, 15) is 15.0 Å². The second-order valence-corrected chi connectivity index (χ2v) is 6.74. The summed E-state index contributed by atoms with van der Waals surface area (Å²) >= 11 is 0. The molecule has 0 bridgehead atoms. The van der Waals surface area contributed by atoms with Gasteiger partial charge in [-0.3, -0.25) is 0 Å². The summed E-state index contributed by atoms with van der Waals surface area (Å²) in [5, 5.41) is 18.9. The van der Waals surface area contributed by atoms with E-state index in [0.29, 0.717) is 6.42 Å². The highest BCUT2D eigenvalue weighted by molar-refractivity contribution is 5.92. The summed E-state index contributed by atoms with van der Waals surface area (Å²) in [7, 11) is 0. The molecule has 0 amide bonds. The van der Waals surface area contributed by atoms with E-state index in [4.69, 9.17) is 0 Å². The zero-order chi connectivity index (χ0) is 18.3. The number of aromatic hydroxyl groups is 1. The SMILES string of the molecule is CCCCCCC=CCCCCCCCc1cccc(O)c1C(=O)O. The standard InChI is InChI=1S/C22H34O3/c1-2-3-4-5-6-7-8-9-10-11-12-13-14-16-19-17-15-18-20(23)21(19)22(24)25/h7-8,15,17-18,23H,2-6,9-14,16H2,1H3,(H,24,25). The fourth-order valence-corrected chi connectivity index (χ4v) is 3.07. The van der Waals surface area contributed by atoms with Crippen LogP contribution in [0.25, 0.3) is 0 Å². The molecule has 0 saturated heterocycles. The molecular formula is C22H34O3. The first-order chi connectivity index (χ1) is 12.2. The van der Waals surface area contributed by atoms with E-state index < -0.39 is 5.97 Å². The molecule has 25 heavy (non-hydrogen) atoms. The van der Waals surface area contributed by atoms with E-state index in [-0.39, 0.29) is 11.3 Å². The Morgan fingerprint density at radius 2 is 1.52 bits per heavy atom. The number of allylic oxidation sites excluding steroid dienone is 2. The Morgan fingerprint density at radius 3 is 2.16 bits per heavy atom. The van der Waals surface area contributed by atoms with E-state index >= 15 is 0 Å². The van der Waals surface area contributed by atoms with Crippen LogP contribution in [0.1, 0.15) is 93.5 Å².